The van der Waals surface area contributed by atoms with E-state index in [1.165, 1.54) is 0 Å². The standard InChI is InChI=1S/C15H13BrClNO2/c1-10(20-14-4-2-3-11(16)9-14)15(19)18-13-7-5-12(17)6-8-13/h2-10H,1H3,(H,18,19). The molecular weight excluding hydrogens is 342 g/mol. The summed E-state index contributed by atoms with van der Waals surface area (Å²) in [5.41, 5.74) is 0.684. The zero-order valence-corrected chi connectivity index (χ0v) is 13.1. The predicted octanol–water partition coefficient (Wildman–Crippen LogP) is 4.51. The van der Waals surface area contributed by atoms with Crippen molar-refractivity contribution in [1.82, 2.24) is 0 Å². The highest BCUT2D eigenvalue weighted by atomic mass is 79.9. The summed E-state index contributed by atoms with van der Waals surface area (Å²) in [7, 11) is 0. The summed E-state index contributed by atoms with van der Waals surface area (Å²) >= 11 is 9.15. The lowest BCUT2D eigenvalue weighted by Gasteiger charge is -2.15. The topological polar surface area (TPSA) is 38.3 Å². The fourth-order valence-corrected chi connectivity index (χ4v) is 2.08. The van der Waals surface area contributed by atoms with Crippen molar-refractivity contribution in [2.45, 2.75) is 13.0 Å². The zero-order valence-electron chi connectivity index (χ0n) is 10.8. The van der Waals surface area contributed by atoms with Crippen molar-refractivity contribution in [3.63, 3.8) is 0 Å². The van der Waals surface area contributed by atoms with Crippen molar-refractivity contribution in [1.29, 1.82) is 0 Å². The molecule has 1 N–H and O–H groups in total. The van der Waals surface area contributed by atoms with E-state index in [0.29, 0.717) is 16.5 Å². The van der Waals surface area contributed by atoms with Crippen molar-refractivity contribution in [2.24, 2.45) is 0 Å². The number of halogens is 2. The average Bonchev–Trinajstić information content (AvgIpc) is 2.41. The summed E-state index contributed by atoms with van der Waals surface area (Å²) in [6, 6.07) is 14.3. The lowest BCUT2D eigenvalue weighted by atomic mass is 10.3. The Morgan fingerprint density at radius 1 is 1.25 bits per heavy atom. The van der Waals surface area contributed by atoms with Gasteiger partial charge in [0.15, 0.2) is 6.10 Å². The molecule has 0 aromatic heterocycles. The number of hydrogen-bond acceptors (Lipinski definition) is 2. The minimum atomic E-state index is -0.597. The summed E-state index contributed by atoms with van der Waals surface area (Å²) in [4.78, 5) is 12.0. The van der Waals surface area contributed by atoms with Gasteiger partial charge in [-0.25, -0.2) is 0 Å². The zero-order chi connectivity index (χ0) is 14.5. The third kappa shape index (κ3) is 4.25. The fraction of sp³-hybridized carbons (Fsp3) is 0.133. The highest BCUT2D eigenvalue weighted by molar-refractivity contribution is 9.10. The Kier molecular flexibility index (Phi) is 5.04. The van der Waals surface area contributed by atoms with Gasteiger partial charge in [-0.15, -0.1) is 0 Å². The van der Waals surface area contributed by atoms with Gasteiger partial charge in [0.25, 0.3) is 5.91 Å². The molecule has 5 heteroatoms. The van der Waals surface area contributed by atoms with Gasteiger partial charge in [-0.1, -0.05) is 33.6 Å². The summed E-state index contributed by atoms with van der Waals surface area (Å²) in [5.74, 6) is 0.422. The summed E-state index contributed by atoms with van der Waals surface area (Å²) in [6.07, 6.45) is -0.597. The third-order valence-electron chi connectivity index (χ3n) is 2.59. The van der Waals surface area contributed by atoms with Gasteiger partial charge < -0.3 is 10.1 Å². The van der Waals surface area contributed by atoms with E-state index in [4.69, 9.17) is 16.3 Å². The fourth-order valence-electron chi connectivity index (χ4n) is 1.58. The minimum absolute atomic E-state index is 0.215. The maximum Gasteiger partial charge on any atom is 0.265 e. The van der Waals surface area contributed by atoms with Gasteiger partial charge in [0.2, 0.25) is 0 Å². The first-order valence-corrected chi connectivity index (χ1v) is 7.20. The van der Waals surface area contributed by atoms with Gasteiger partial charge in [-0.05, 0) is 49.4 Å². The van der Waals surface area contributed by atoms with Gasteiger partial charge >= 0.3 is 0 Å². The van der Waals surface area contributed by atoms with Gasteiger partial charge in [0.1, 0.15) is 5.75 Å². The molecule has 2 aromatic carbocycles. The van der Waals surface area contributed by atoms with Gasteiger partial charge in [0.05, 0.1) is 0 Å². The quantitative estimate of drug-likeness (QED) is 0.877. The highest BCUT2D eigenvalue weighted by Crippen LogP contribution is 2.19. The average molecular weight is 355 g/mol. The number of carbonyl (C=O) groups excluding carboxylic acids is 1. The van der Waals surface area contributed by atoms with E-state index in [-0.39, 0.29) is 5.91 Å². The van der Waals surface area contributed by atoms with E-state index in [2.05, 4.69) is 21.2 Å². The summed E-state index contributed by atoms with van der Waals surface area (Å²) < 4.78 is 6.49. The second kappa shape index (κ2) is 6.77. The smallest absolute Gasteiger partial charge is 0.265 e. The van der Waals surface area contributed by atoms with Crippen LogP contribution in [0.4, 0.5) is 5.69 Å². The van der Waals surface area contributed by atoms with Crippen molar-refractivity contribution >= 4 is 39.1 Å². The lowest BCUT2D eigenvalue weighted by Crippen LogP contribution is -2.30. The van der Waals surface area contributed by atoms with Crippen LogP contribution in [0.2, 0.25) is 5.02 Å². The number of amides is 1. The predicted molar refractivity (Wildman–Crippen MR) is 84.3 cm³/mol. The molecule has 0 saturated heterocycles. The van der Waals surface area contributed by atoms with Crippen LogP contribution in [0, 0.1) is 0 Å². The van der Waals surface area contributed by atoms with Crippen molar-refractivity contribution in [2.75, 3.05) is 5.32 Å². The number of ether oxygens (including phenoxy) is 1. The van der Waals surface area contributed by atoms with Crippen molar-refractivity contribution in [3.05, 3.63) is 58.0 Å². The first kappa shape index (κ1) is 14.9. The van der Waals surface area contributed by atoms with Crippen LogP contribution >= 0.6 is 27.5 Å². The van der Waals surface area contributed by atoms with Crippen LogP contribution < -0.4 is 10.1 Å². The Morgan fingerprint density at radius 2 is 1.95 bits per heavy atom. The number of hydrogen-bond donors (Lipinski definition) is 1. The number of anilines is 1. The molecular formula is C15H13BrClNO2. The molecule has 1 atom stereocenters. The van der Waals surface area contributed by atoms with Crippen LogP contribution in [0.3, 0.4) is 0 Å². The van der Waals surface area contributed by atoms with Crippen molar-refractivity contribution < 1.29 is 9.53 Å². The van der Waals surface area contributed by atoms with E-state index in [9.17, 15) is 4.79 Å². The van der Waals surface area contributed by atoms with Crippen LogP contribution in [0.15, 0.2) is 53.0 Å². The van der Waals surface area contributed by atoms with Gasteiger partial charge in [0, 0.05) is 15.2 Å². The Hall–Kier alpha value is -1.52. The number of rotatable bonds is 4. The van der Waals surface area contributed by atoms with Gasteiger partial charge in [-0.2, -0.15) is 0 Å². The normalized spacial score (nSPS) is 11.8. The minimum Gasteiger partial charge on any atom is -0.481 e. The van der Waals surface area contributed by atoms with Crippen LogP contribution in [0.5, 0.6) is 5.75 Å². The Bertz CT molecular complexity index is 601. The largest absolute Gasteiger partial charge is 0.481 e. The van der Waals surface area contributed by atoms with E-state index in [1.54, 1.807) is 37.3 Å². The monoisotopic (exact) mass is 353 g/mol. The number of nitrogens with one attached hydrogen (secondary N) is 1. The number of carbonyl (C=O) groups is 1. The van der Waals surface area contributed by atoms with Gasteiger partial charge in [-0.3, -0.25) is 4.79 Å². The SMILES string of the molecule is CC(Oc1cccc(Br)c1)C(=O)Nc1ccc(Cl)cc1. The summed E-state index contributed by atoms with van der Waals surface area (Å²) in [5, 5.41) is 3.40. The maximum atomic E-state index is 12.0. The van der Waals surface area contributed by atoms with E-state index in [1.807, 2.05) is 18.2 Å². The molecule has 3 nitrogen and oxygen atoms in total. The first-order valence-electron chi connectivity index (χ1n) is 6.03. The molecule has 104 valence electrons. The second-order valence-corrected chi connectivity index (χ2v) is 5.57. The molecule has 0 bridgehead atoms. The third-order valence-corrected chi connectivity index (χ3v) is 3.34. The lowest BCUT2D eigenvalue weighted by molar-refractivity contribution is -0.122. The molecule has 0 heterocycles. The van der Waals surface area contributed by atoms with Crippen LogP contribution in [-0.4, -0.2) is 12.0 Å². The Balaban J connectivity index is 1.96. The Morgan fingerprint density at radius 3 is 2.60 bits per heavy atom. The van der Waals surface area contributed by atoms with E-state index >= 15 is 0 Å². The molecule has 1 unspecified atom stereocenters. The molecule has 0 spiro atoms. The molecule has 20 heavy (non-hydrogen) atoms. The van der Waals surface area contributed by atoms with E-state index < -0.39 is 6.10 Å². The highest BCUT2D eigenvalue weighted by Gasteiger charge is 2.14. The molecule has 0 radical (unpaired) electrons. The maximum absolute atomic E-state index is 12.0. The first-order chi connectivity index (χ1) is 9.54. The van der Waals surface area contributed by atoms with E-state index in [0.717, 1.165) is 4.47 Å². The second-order valence-electron chi connectivity index (χ2n) is 4.21. The molecule has 2 rings (SSSR count). The molecule has 0 aliphatic carbocycles. The Labute approximate surface area is 131 Å². The molecule has 2 aromatic rings. The molecule has 0 aliphatic heterocycles. The molecule has 0 aliphatic rings. The molecule has 0 fully saturated rings. The van der Waals surface area contributed by atoms with Crippen LogP contribution in [-0.2, 0) is 4.79 Å². The molecule has 1 amide bonds. The van der Waals surface area contributed by atoms with Crippen LogP contribution in [0.25, 0.3) is 0 Å². The molecule has 0 saturated carbocycles. The van der Waals surface area contributed by atoms with Crippen molar-refractivity contribution in [3.8, 4) is 5.75 Å². The van der Waals surface area contributed by atoms with Crippen LogP contribution in [0.1, 0.15) is 6.92 Å². The number of benzene rings is 2. The summed E-state index contributed by atoms with van der Waals surface area (Å²) in [6.45, 7) is 1.70.